The number of hydrogen-bond acceptors (Lipinski definition) is 5. The van der Waals surface area contributed by atoms with Crippen LogP contribution in [0.5, 0.6) is 0 Å². The highest BCUT2D eigenvalue weighted by molar-refractivity contribution is 5.94. The lowest BCUT2D eigenvalue weighted by Gasteiger charge is -2.33. The van der Waals surface area contributed by atoms with Gasteiger partial charge in [-0.05, 0) is 58.7 Å². The molecule has 7 nitrogen and oxygen atoms in total. The summed E-state index contributed by atoms with van der Waals surface area (Å²) >= 11 is 0. The summed E-state index contributed by atoms with van der Waals surface area (Å²) in [6.07, 6.45) is 1.66. The maximum atomic E-state index is 12.7. The van der Waals surface area contributed by atoms with E-state index in [9.17, 15) is 14.4 Å². The summed E-state index contributed by atoms with van der Waals surface area (Å²) in [7, 11) is 0. The van der Waals surface area contributed by atoms with Crippen molar-refractivity contribution in [3.63, 3.8) is 0 Å². The van der Waals surface area contributed by atoms with Crippen molar-refractivity contribution in [3.05, 3.63) is 39.8 Å². The summed E-state index contributed by atoms with van der Waals surface area (Å²) in [5.74, 6) is -0.779. The quantitative estimate of drug-likeness (QED) is 0.634. The molecule has 0 N–H and O–H groups in total. The smallest absolute Gasteiger partial charge is 0.338 e. The van der Waals surface area contributed by atoms with Gasteiger partial charge in [0.1, 0.15) is 5.69 Å². The number of nitrogens with zero attached hydrogens (tertiary/aromatic N) is 3. The Morgan fingerprint density at radius 3 is 2.31 bits per heavy atom. The van der Waals surface area contributed by atoms with Gasteiger partial charge in [0.15, 0.2) is 6.61 Å². The van der Waals surface area contributed by atoms with Gasteiger partial charge in [-0.2, -0.15) is 0 Å². The number of aromatic nitrogens is 2. The minimum atomic E-state index is -0.581. The van der Waals surface area contributed by atoms with Crippen molar-refractivity contribution in [2.24, 2.45) is 0 Å². The fraction of sp³-hybridized carbons (Fsp3) is 0.545. The Hall–Kier alpha value is -2.70. The van der Waals surface area contributed by atoms with Crippen molar-refractivity contribution >= 4 is 22.9 Å². The third kappa shape index (κ3) is 4.83. The van der Waals surface area contributed by atoms with Gasteiger partial charge in [-0.3, -0.25) is 9.59 Å². The van der Waals surface area contributed by atoms with E-state index >= 15 is 0 Å². The molecule has 0 spiro atoms. The lowest BCUT2D eigenvalue weighted by molar-refractivity contribution is -0.139. The lowest BCUT2D eigenvalue weighted by Crippen LogP contribution is -2.46. The van der Waals surface area contributed by atoms with Crippen LogP contribution in [0.2, 0.25) is 0 Å². The second kappa shape index (κ2) is 9.67. The fourth-order valence-corrected chi connectivity index (χ4v) is 3.42. The summed E-state index contributed by atoms with van der Waals surface area (Å²) in [4.78, 5) is 43.5. The zero-order chi connectivity index (χ0) is 21.7. The number of amides is 1. The molecule has 1 heterocycles. The standard InChI is InChI=1S/C22H31N3O4/c1-7-14(4)25(15(5)8-2)20(26)13-29-22(28)17-10-11-19-18(12-17)23-16(6)21(27)24(19)9-3/h10-12,14-15H,7-9,13H2,1-6H3/t14-,15+. The maximum absolute atomic E-state index is 12.7. The highest BCUT2D eigenvalue weighted by Gasteiger charge is 2.24. The normalized spacial score (nSPS) is 13.2. The summed E-state index contributed by atoms with van der Waals surface area (Å²) in [6, 6.07) is 5.04. The van der Waals surface area contributed by atoms with Crippen LogP contribution in [-0.2, 0) is 16.1 Å². The molecule has 0 saturated carbocycles. The van der Waals surface area contributed by atoms with Gasteiger partial charge in [0.2, 0.25) is 0 Å². The van der Waals surface area contributed by atoms with Crippen molar-refractivity contribution in [2.75, 3.05) is 6.61 Å². The van der Waals surface area contributed by atoms with E-state index in [1.165, 1.54) is 0 Å². The molecule has 1 aromatic carbocycles. The van der Waals surface area contributed by atoms with E-state index in [4.69, 9.17) is 4.74 Å². The molecule has 1 aromatic heterocycles. The molecule has 0 aliphatic carbocycles. The van der Waals surface area contributed by atoms with E-state index in [0.29, 0.717) is 28.8 Å². The molecule has 29 heavy (non-hydrogen) atoms. The van der Waals surface area contributed by atoms with Crippen molar-refractivity contribution in [3.8, 4) is 0 Å². The number of benzene rings is 1. The van der Waals surface area contributed by atoms with E-state index in [0.717, 1.165) is 12.8 Å². The van der Waals surface area contributed by atoms with Crippen LogP contribution in [0.1, 0.15) is 63.5 Å². The minimum Gasteiger partial charge on any atom is -0.452 e. The molecule has 2 aromatic rings. The molecule has 158 valence electrons. The highest BCUT2D eigenvalue weighted by atomic mass is 16.5. The van der Waals surface area contributed by atoms with Gasteiger partial charge in [0.05, 0.1) is 16.6 Å². The van der Waals surface area contributed by atoms with Crippen molar-refractivity contribution < 1.29 is 14.3 Å². The molecule has 0 unspecified atom stereocenters. The Bertz CT molecular complexity index is 941. The molecule has 0 fully saturated rings. The zero-order valence-corrected chi connectivity index (χ0v) is 18.2. The van der Waals surface area contributed by atoms with Crippen molar-refractivity contribution in [2.45, 2.75) is 73.0 Å². The van der Waals surface area contributed by atoms with Crippen LogP contribution in [0.15, 0.2) is 23.0 Å². The molecule has 1 amide bonds. The summed E-state index contributed by atoms with van der Waals surface area (Å²) < 4.78 is 6.91. The van der Waals surface area contributed by atoms with Crippen LogP contribution in [0.25, 0.3) is 11.0 Å². The van der Waals surface area contributed by atoms with Gasteiger partial charge >= 0.3 is 5.97 Å². The number of rotatable bonds is 8. The predicted octanol–water partition coefficient (Wildman–Crippen LogP) is 3.31. The van der Waals surface area contributed by atoms with Crippen LogP contribution in [-0.4, -0.2) is 45.0 Å². The predicted molar refractivity (Wildman–Crippen MR) is 113 cm³/mol. The molecular weight excluding hydrogens is 370 g/mol. The van der Waals surface area contributed by atoms with Crippen LogP contribution in [0.4, 0.5) is 0 Å². The number of hydrogen-bond donors (Lipinski definition) is 0. The molecule has 7 heteroatoms. The van der Waals surface area contributed by atoms with E-state index in [1.54, 1.807) is 34.6 Å². The topological polar surface area (TPSA) is 81.5 Å². The summed E-state index contributed by atoms with van der Waals surface area (Å²) in [5, 5.41) is 0. The molecule has 0 aliphatic heterocycles. The van der Waals surface area contributed by atoms with Crippen LogP contribution in [0, 0.1) is 6.92 Å². The first kappa shape index (κ1) is 22.6. The maximum Gasteiger partial charge on any atom is 0.338 e. The van der Waals surface area contributed by atoms with Crippen molar-refractivity contribution in [1.29, 1.82) is 0 Å². The minimum absolute atomic E-state index is 0.0785. The molecular formula is C22H31N3O4. The van der Waals surface area contributed by atoms with Gasteiger partial charge in [-0.25, -0.2) is 9.78 Å². The highest BCUT2D eigenvalue weighted by Crippen LogP contribution is 2.16. The number of ether oxygens (including phenoxy) is 1. The van der Waals surface area contributed by atoms with E-state index < -0.39 is 5.97 Å². The SMILES string of the molecule is CC[C@@H](C)N(C(=O)COC(=O)c1ccc2c(c1)nc(C)c(=O)n2CC)[C@@H](C)CC. The van der Waals surface area contributed by atoms with Gasteiger partial charge < -0.3 is 14.2 Å². The van der Waals surface area contributed by atoms with Crippen LogP contribution >= 0.6 is 0 Å². The average Bonchev–Trinajstić information content (AvgIpc) is 2.72. The van der Waals surface area contributed by atoms with Gasteiger partial charge in [-0.15, -0.1) is 0 Å². The average molecular weight is 402 g/mol. The van der Waals surface area contributed by atoms with Crippen LogP contribution in [0.3, 0.4) is 0 Å². The Labute approximate surface area is 171 Å². The molecule has 0 bridgehead atoms. The Kier molecular flexibility index (Phi) is 7.53. The first-order valence-electron chi connectivity index (χ1n) is 10.2. The molecule has 0 radical (unpaired) electrons. The summed E-state index contributed by atoms with van der Waals surface area (Å²) in [5.41, 5.74) is 1.74. The van der Waals surface area contributed by atoms with Gasteiger partial charge in [0.25, 0.3) is 11.5 Å². The monoisotopic (exact) mass is 401 g/mol. The first-order valence-corrected chi connectivity index (χ1v) is 10.2. The van der Waals surface area contributed by atoms with E-state index in [1.807, 2.05) is 34.6 Å². The second-order valence-electron chi connectivity index (χ2n) is 7.34. The lowest BCUT2D eigenvalue weighted by atomic mass is 10.1. The zero-order valence-electron chi connectivity index (χ0n) is 18.2. The van der Waals surface area contributed by atoms with E-state index in [2.05, 4.69) is 4.98 Å². The van der Waals surface area contributed by atoms with Gasteiger partial charge in [-0.1, -0.05) is 13.8 Å². The summed E-state index contributed by atoms with van der Waals surface area (Å²) in [6.45, 7) is 11.8. The van der Waals surface area contributed by atoms with Crippen LogP contribution < -0.4 is 5.56 Å². The number of aryl methyl sites for hydroxylation is 2. The third-order valence-corrected chi connectivity index (χ3v) is 5.41. The number of esters is 1. The molecule has 0 saturated heterocycles. The Morgan fingerprint density at radius 1 is 1.14 bits per heavy atom. The number of carbonyl (C=O) groups excluding carboxylic acids is 2. The molecule has 0 aliphatic rings. The number of fused-ring (bicyclic) bond motifs is 1. The molecule has 2 atom stereocenters. The first-order chi connectivity index (χ1) is 13.7. The number of carbonyl (C=O) groups is 2. The van der Waals surface area contributed by atoms with E-state index in [-0.39, 0.29) is 30.2 Å². The fourth-order valence-electron chi connectivity index (χ4n) is 3.42. The second-order valence-corrected chi connectivity index (χ2v) is 7.34. The Balaban J connectivity index is 2.20. The van der Waals surface area contributed by atoms with Crippen molar-refractivity contribution in [1.82, 2.24) is 14.5 Å². The third-order valence-electron chi connectivity index (χ3n) is 5.41. The Morgan fingerprint density at radius 2 is 1.76 bits per heavy atom. The largest absolute Gasteiger partial charge is 0.452 e. The molecule has 2 rings (SSSR count). The van der Waals surface area contributed by atoms with Gasteiger partial charge in [0, 0.05) is 18.6 Å².